The van der Waals surface area contributed by atoms with Gasteiger partial charge in [0.15, 0.2) is 5.96 Å². The van der Waals surface area contributed by atoms with Gasteiger partial charge >= 0.3 is 5.69 Å². The molecule has 0 fully saturated rings. The number of guanidine groups is 1. The molecule has 0 aliphatic rings. The van der Waals surface area contributed by atoms with Crippen molar-refractivity contribution in [2.75, 3.05) is 5.73 Å². The maximum absolute atomic E-state index is 11.7. The second kappa shape index (κ2) is 5.21. The molecule has 0 spiro atoms. The molecule has 1 aromatic heterocycles. The molecule has 0 amide bonds. The maximum atomic E-state index is 11.7. The Labute approximate surface area is 109 Å². The summed E-state index contributed by atoms with van der Waals surface area (Å²) in [5.41, 5.74) is 17.2. The van der Waals surface area contributed by atoms with E-state index in [9.17, 15) is 4.79 Å². The summed E-state index contributed by atoms with van der Waals surface area (Å²) in [6.45, 7) is 0.400. The van der Waals surface area contributed by atoms with E-state index in [-0.39, 0.29) is 11.8 Å². The summed E-state index contributed by atoms with van der Waals surface area (Å²) in [6, 6.07) is 8.82. The first kappa shape index (κ1) is 12.6. The fraction of sp³-hybridized carbons (Fsp3) is 0.0833. The van der Waals surface area contributed by atoms with Crippen molar-refractivity contribution in [3.05, 3.63) is 52.6 Å². The van der Waals surface area contributed by atoms with Gasteiger partial charge in [-0.1, -0.05) is 12.1 Å². The molecule has 2 aromatic rings. The van der Waals surface area contributed by atoms with E-state index >= 15 is 0 Å². The summed E-state index contributed by atoms with van der Waals surface area (Å²) in [5, 5.41) is 0. The van der Waals surface area contributed by atoms with Crippen molar-refractivity contribution in [3.8, 4) is 5.69 Å². The van der Waals surface area contributed by atoms with Crippen LogP contribution in [0.2, 0.25) is 0 Å². The van der Waals surface area contributed by atoms with Crippen LogP contribution in [-0.2, 0) is 6.54 Å². The number of nitrogens with two attached hydrogens (primary N) is 3. The lowest BCUT2D eigenvalue weighted by Crippen LogP contribution is -2.22. The molecule has 1 aromatic carbocycles. The van der Waals surface area contributed by atoms with Crippen molar-refractivity contribution in [2.24, 2.45) is 16.5 Å². The lowest BCUT2D eigenvalue weighted by molar-refractivity contribution is 0.917. The van der Waals surface area contributed by atoms with Gasteiger partial charge in [0.1, 0.15) is 5.82 Å². The zero-order chi connectivity index (χ0) is 13.8. The van der Waals surface area contributed by atoms with E-state index in [0.29, 0.717) is 12.2 Å². The zero-order valence-corrected chi connectivity index (χ0v) is 10.2. The van der Waals surface area contributed by atoms with Crippen molar-refractivity contribution in [1.29, 1.82) is 0 Å². The van der Waals surface area contributed by atoms with Crippen LogP contribution in [0, 0.1) is 0 Å². The van der Waals surface area contributed by atoms with Gasteiger partial charge in [0.2, 0.25) is 0 Å². The number of nitrogen functional groups attached to an aromatic ring is 1. The largest absolute Gasteiger partial charge is 0.383 e. The van der Waals surface area contributed by atoms with Gasteiger partial charge in [-0.25, -0.2) is 9.79 Å². The number of hydrogen-bond donors (Lipinski definition) is 3. The van der Waals surface area contributed by atoms with Crippen LogP contribution in [0.1, 0.15) is 5.56 Å². The molecule has 7 heteroatoms. The highest BCUT2D eigenvalue weighted by atomic mass is 16.1. The van der Waals surface area contributed by atoms with Crippen LogP contribution in [0.5, 0.6) is 0 Å². The molecular weight excluding hydrogens is 244 g/mol. The van der Waals surface area contributed by atoms with Crippen molar-refractivity contribution in [2.45, 2.75) is 6.54 Å². The molecule has 98 valence electrons. The van der Waals surface area contributed by atoms with Crippen molar-refractivity contribution < 1.29 is 0 Å². The molecule has 19 heavy (non-hydrogen) atoms. The molecular formula is C12H14N6O. The highest BCUT2D eigenvalue weighted by molar-refractivity contribution is 5.75. The predicted octanol–water partition coefficient (Wildman–Crippen LogP) is -0.412. The number of hydrogen-bond acceptors (Lipinski definition) is 4. The number of nitrogens with zero attached hydrogens (tertiary/aromatic N) is 3. The first-order valence-corrected chi connectivity index (χ1v) is 5.56. The summed E-state index contributed by atoms with van der Waals surface area (Å²) >= 11 is 0. The number of aliphatic imine (C=N–C) groups is 1. The van der Waals surface area contributed by atoms with Crippen LogP contribution in [0.25, 0.3) is 5.69 Å². The standard InChI is InChI=1S/C12H14N6O/c13-10-5-6-18(12(19)17-10)9-3-1-8(2-4-9)7-16-11(14)15/h1-6H,7H2,(H2,13,17,19)(H4,14,15,16). The maximum Gasteiger partial charge on any atom is 0.354 e. The summed E-state index contributed by atoms with van der Waals surface area (Å²) in [6.07, 6.45) is 1.58. The van der Waals surface area contributed by atoms with Gasteiger partial charge in [0.05, 0.1) is 12.2 Å². The molecule has 0 aliphatic carbocycles. The molecule has 0 radical (unpaired) electrons. The normalized spacial score (nSPS) is 10.1. The Bertz CT molecular complexity index is 655. The average molecular weight is 258 g/mol. The predicted molar refractivity (Wildman–Crippen MR) is 73.8 cm³/mol. The first-order chi connectivity index (χ1) is 9.06. The van der Waals surface area contributed by atoms with Gasteiger partial charge in [0.25, 0.3) is 0 Å². The Hall–Kier alpha value is -2.83. The minimum Gasteiger partial charge on any atom is -0.383 e. The van der Waals surface area contributed by atoms with Crippen molar-refractivity contribution in [3.63, 3.8) is 0 Å². The topological polar surface area (TPSA) is 125 Å². The third kappa shape index (κ3) is 3.09. The fourth-order valence-electron chi connectivity index (χ4n) is 1.56. The van der Waals surface area contributed by atoms with Gasteiger partial charge in [-0.2, -0.15) is 4.98 Å². The minimum atomic E-state index is -0.419. The molecule has 0 bridgehead atoms. The van der Waals surface area contributed by atoms with Crippen LogP contribution in [-0.4, -0.2) is 15.5 Å². The molecule has 0 atom stereocenters. The molecule has 7 nitrogen and oxygen atoms in total. The quantitative estimate of drug-likeness (QED) is 0.509. The van der Waals surface area contributed by atoms with E-state index in [1.807, 2.05) is 12.1 Å². The van der Waals surface area contributed by atoms with Crippen LogP contribution in [0.4, 0.5) is 5.82 Å². The van der Waals surface area contributed by atoms with Gasteiger partial charge in [-0.3, -0.25) is 4.57 Å². The van der Waals surface area contributed by atoms with Crippen molar-refractivity contribution in [1.82, 2.24) is 9.55 Å². The SMILES string of the molecule is NC(N)=NCc1ccc(-n2ccc(N)nc2=O)cc1. The Kier molecular flexibility index (Phi) is 3.46. The number of anilines is 1. The van der Waals surface area contributed by atoms with Gasteiger partial charge in [-0.15, -0.1) is 0 Å². The zero-order valence-electron chi connectivity index (χ0n) is 10.2. The number of rotatable bonds is 3. The van der Waals surface area contributed by atoms with E-state index < -0.39 is 5.69 Å². The van der Waals surface area contributed by atoms with Crippen LogP contribution < -0.4 is 22.9 Å². The van der Waals surface area contributed by atoms with E-state index in [1.54, 1.807) is 24.4 Å². The lowest BCUT2D eigenvalue weighted by Gasteiger charge is -2.05. The summed E-state index contributed by atoms with van der Waals surface area (Å²) in [5.74, 6) is 0.244. The second-order valence-electron chi connectivity index (χ2n) is 3.91. The molecule has 2 rings (SSSR count). The minimum absolute atomic E-state index is 0.0445. The van der Waals surface area contributed by atoms with Crippen LogP contribution >= 0.6 is 0 Å². The van der Waals surface area contributed by atoms with Crippen LogP contribution in [0.15, 0.2) is 46.3 Å². The van der Waals surface area contributed by atoms with Crippen molar-refractivity contribution >= 4 is 11.8 Å². The summed E-state index contributed by atoms with van der Waals surface area (Å²) < 4.78 is 1.40. The average Bonchev–Trinajstić information content (AvgIpc) is 2.37. The van der Waals surface area contributed by atoms with E-state index in [4.69, 9.17) is 17.2 Å². The Morgan fingerprint density at radius 1 is 1.21 bits per heavy atom. The Morgan fingerprint density at radius 2 is 1.89 bits per heavy atom. The highest BCUT2D eigenvalue weighted by Gasteiger charge is 2.01. The molecule has 6 N–H and O–H groups in total. The van der Waals surface area contributed by atoms with Gasteiger partial charge in [0, 0.05) is 6.20 Å². The van der Waals surface area contributed by atoms with E-state index in [2.05, 4.69) is 9.98 Å². The highest BCUT2D eigenvalue weighted by Crippen LogP contribution is 2.08. The van der Waals surface area contributed by atoms with Gasteiger partial charge < -0.3 is 17.2 Å². The monoisotopic (exact) mass is 258 g/mol. The molecule has 1 heterocycles. The van der Waals surface area contributed by atoms with E-state index in [1.165, 1.54) is 4.57 Å². The van der Waals surface area contributed by atoms with E-state index in [0.717, 1.165) is 5.56 Å². The molecule has 0 saturated carbocycles. The number of aromatic nitrogens is 2. The Morgan fingerprint density at radius 3 is 2.47 bits per heavy atom. The first-order valence-electron chi connectivity index (χ1n) is 5.56. The second-order valence-corrected chi connectivity index (χ2v) is 3.91. The van der Waals surface area contributed by atoms with Gasteiger partial charge in [-0.05, 0) is 23.8 Å². The fourth-order valence-corrected chi connectivity index (χ4v) is 1.56. The third-order valence-electron chi connectivity index (χ3n) is 2.48. The Balaban J connectivity index is 2.27. The molecule has 0 unspecified atom stereocenters. The summed E-state index contributed by atoms with van der Waals surface area (Å²) in [4.78, 5) is 19.2. The van der Waals surface area contributed by atoms with Crippen LogP contribution in [0.3, 0.4) is 0 Å². The third-order valence-corrected chi connectivity index (χ3v) is 2.48. The lowest BCUT2D eigenvalue weighted by atomic mass is 10.2. The smallest absolute Gasteiger partial charge is 0.354 e. The molecule has 0 saturated heterocycles. The molecule has 0 aliphatic heterocycles. The number of benzene rings is 1. The summed E-state index contributed by atoms with van der Waals surface area (Å²) in [7, 11) is 0.